The van der Waals surface area contributed by atoms with Crippen LogP contribution >= 0.6 is 0 Å². The molecule has 11 heteroatoms. The number of aromatic nitrogens is 6. The quantitative estimate of drug-likeness (QED) is 0.288. The standard InChI is InChI=1S/C23H28N8O3/c1-30-14-16(11-28-30)20-13-27-22(25-7-3-4-9-34-2)23(33)31(20)15-21(32)26-12-17-10-19-18(29-17)6-5-8-24-19/h5-6,8,10-11,13-14,29H,3-4,7,9,12,15H2,1-2H3,(H,25,27)(H,26,32). The Labute approximate surface area is 196 Å². The number of fused-ring (bicyclic) bond motifs is 1. The summed E-state index contributed by atoms with van der Waals surface area (Å²) in [4.78, 5) is 37.8. The number of hydrogen-bond acceptors (Lipinski definition) is 7. The van der Waals surface area contributed by atoms with Gasteiger partial charge in [-0.15, -0.1) is 0 Å². The highest BCUT2D eigenvalue weighted by Gasteiger charge is 2.16. The molecule has 0 unspecified atom stereocenters. The molecule has 0 aliphatic heterocycles. The number of aryl methyl sites for hydroxylation is 1. The number of pyridine rings is 1. The molecule has 178 valence electrons. The zero-order valence-corrected chi connectivity index (χ0v) is 19.2. The molecule has 3 N–H and O–H groups in total. The average Bonchev–Trinajstić information content (AvgIpc) is 3.45. The molecule has 0 saturated heterocycles. The first kappa shape index (κ1) is 23.2. The zero-order valence-electron chi connectivity index (χ0n) is 19.2. The van der Waals surface area contributed by atoms with Crippen molar-refractivity contribution in [2.45, 2.75) is 25.9 Å². The van der Waals surface area contributed by atoms with Gasteiger partial charge in [0.2, 0.25) is 5.91 Å². The van der Waals surface area contributed by atoms with Crippen molar-refractivity contribution < 1.29 is 9.53 Å². The monoisotopic (exact) mass is 464 g/mol. The van der Waals surface area contributed by atoms with E-state index in [0.717, 1.165) is 29.6 Å². The van der Waals surface area contributed by atoms with Gasteiger partial charge in [-0.1, -0.05) is 0 Å². The Hall–Kier alpha value is -3.99. The number of carbonyl (C=O) groups is 1. The van der Waals surface area contributed by atoms with Gasteiger partial charge in [0, 0.05) is 51.0 Å². The molecule has 0 aromatic carbocycles. The number of H-pyrrole nitrogens is 1. The molecule has 4 heterocycles. The number of nitrogens with zero attached hydrogens (tertiary/aromatic N) is 5. The summed E-state index contributed by atoms with van der Waals surface area (Å²) < 4.78 is 8.11. The topological polar surface area (TPSA) is 132 Å². The number of amides is 1. The second-order valence-electron chi connectivity index (χ2n) is 7.92. The highest BCUT2D eigenvalue weighted by molar-refractivity contribution is 5.78. The molecule has 11 nitrogen and oxygen atoms in total. The van der Waals surface area contributed by atoms with E-state index < -0.39 is 0 Å². The third kappa shape index (κ3) is 5.49. The lowest BCUT2D eigenvalue weighted by Crippen LogP contribution is -2.34. The van der Waals surface area contributed by atoms with Crippen LogP contribution in [0.4, 0.5) is 5.82 Å². The molecular formula is C23H28N8O3. The maximum atomic E-state index is 13.2. The second-order valence-corrected chi connectivity index (χ2v) is 7.92. The Morgan fingerprint density at radius 1 is 1.24 bits per heavy atom. The predicted molar refractivity (Wildman–Crippen MR) is 128 cm³/mol. The Kier molecular flexibility index (Phi) is 7.33. The van der Waals surface area contributed by atoms with E-state index >= 15 is 0 Å². The predicted octanol–water partition coefficient (Wildman–Crippen LogP) is 1.67. The number of ether oxygens (including phenoxy) is 1. The number of aromatic amines is 1. The zero-order chi connectivity index (χ0) is 23.9. The number of unbranched alkanes of at least 4 members (excludes halogenated alkanes) is 1. The van der Waals surface area contributed by atoms with Crippen molar-refractivity contribution in [1.29, 1.82) is 0 Å². The Morgan fingerprint density at radius 3 is 2.88 bits per heavy atom. The first-order valence-electron chi connectivity index (χ1n) is 11.1. The summed E-state index contributed by atoms with van der Waals surface area (Å²) in [6.45, 7) is 1.38. The van der Waals surface area contributed by atoms with Crippen LogP contribution in [0.5, 0.6) is 0 Å². The fourth-order valence-corrected chi connectivity index (χ4v) is 3.63. The van der Waals surface area contributed by atoms with Gasteiger partial charge in [0.05, 0.1) is 35.7 Å². The minimum Gasteiger partial charge on any atom is -0.385 e. The van der Waals surface area contributed by atoms with Gasteiger partial charge < -0.3 is 20.4 Å². The number of nitrogens with one attached hydrogen (secondary N) is 3. The molecule has 0 fully saturated rings. The van der Waals surface area contributed by atoms with E-state index in [1.54, 1.807) is 43.6 Å². The Morgan fingerprint density at radius 2 is 2.12 bits per heavy atom. The van der Waals surface area contributed by atoms with Crippen LogP contribution in [0.25, 0.3) is 22.3 Å². The van der Waals surface area contributed by atoms with Gasteiger partial charge in [-0.3, -0.25) is 23.8 Å². The van der Waals surface area contributed by atoms with E-state index in [-0.39, 0.29) is 23.8 Å². The van der Waals surface area contributed by atoms with Crippen LogP contribution in [0.3, 0.4) is 0 Å². The van der Waals surface area contributed by atoms with Crippen LogP contribution < -0.4 is 16.2 Å². The third-order valence-corrected chi connectivity index (χ3v) is 5.35. The maximum Gasteiger partial charge on any atom is 0.294 e. The number of carbonyl (C=O) groups excluding carboxylic acids is 1. The molecule has 4 rings (SSSR count). The molecule has 0 saturated carbocycles. The van der Waals surface area contributed by atoms with Crippen molar-refractivity contribution in [3.05, 3.63) is 59.0 Å². The van der Waals surface area contributed by atoms with Crippen LogP contribution in [0.15, 0.2) is 47.8 Å². The van der Waals surface area contributed by atoms with E-state index in [1.165, 1.54) is 4.57 Å². The highest BCUT2D eigenvalue weighted by Crippen LogP contribution is 2.17. The fraction of sp³-hybridized carbons (Fsp3) is 0.348. The van der Waals surface area contributed by atoms with Crippen LogP contribution in [0, 0.1) is 0 Å². The van der Waals surface area contributed by atoms with Crippen LogP contribution in [-0.2, 0) is 29.7 Å². The lowest BCUT2D eigenvalue weighted by Gasteiger charge is -2.14. The molecule has 0 aliphatic carbocycles. The molecule has 0 bridgehead atoms. The molecule has 1 amide bonds. The smallest absolute Gasteiger partial charge is 0.294 e. The summed E-state index contributed by atoms with van der Waals surface area (Å²) in [6, 6.07) is 5.66. The Bertz CT molecular complexity index is 1290. The molecule has 0 radical (unpaired) electrons. The van der Waals surface area contributed by atoms with Gasteiger partial charge in [-0.2, -0.15) is 5.10 Å². The largest absolute Gasteiger partial charge is 0.385 e. The third-order valence-electron chi connectivity index (χ3n) is 5.35. The first-order valence-corrected chi connectivity index (χ1v) is 11.1. The lowest BCUT2D eigenvalue weighted by molar-refractivity contribution is -0.121. The SMILES string of the molecule is COCCCCNc1ncc(-c2cnn(C)c2)n(CC(=O)NCc2cc3ncccc3[nH]2)c1=O. The van der Waals surface area contributed by atoms with Crippen LogP contribution in [-0.4, -0.2) is 55.5 Å². The summed E-state index contributed by atoms with van der Waals surface area (Å²) in [5, 5.41) is 10.1. The molecule has 4 aromatic rings. The fourth-order valence-electron chi connectivity index (χ4n) is 3.63. The molecule has 0 atom stereocenters. The number of hydrogen-bond donors (Lipinski definition) is 3. The van der Waals surface area contributed by atoms with Crippen molar-refractivity contribution in [2.75, 3.05) is 25.6 Å². The summed E-state index contributed by atoms with van der Waals surface area (Å²) in [5.41, 5.74) is 3.42. The Balaban J connectivity index is 1.50. The molecule has 0 spiro atoms. The van der Waals surface area contributed by atoms with E-state index in [1.807, 2.05) is 18.2 Å². The number of anilines is 1. The van der Waals surface area contributed by atoms with Crippen molar-refractivity contribution in [1.82, 2.24) is 34.6 Å². The summed E-state index contributed by atoms with van der Waals surface area (Å²) in [5.74, 6) is -0.0874. The molecule has 34 heavy (non-hydrogen) atoms. The first-order chi connectivity index (χ1) is 16.5. The minimum atomic E-state index is -0.363. The van der Waals surface area contributed by atoms with Gasteiger partial charge >= 0.3 is 0 Å². The second kappa shape index (κ2) is 10.8. The van der Waals surface area contributed by atoms with Crippen LogP contribution in [0.1, 0.15) is 18.5 Å². The average molecular weight is 465 g/mol. The normalized spacial score (nSPS) is 11.1. The number of methoxy groups -OCH3 is 1. The van der Waals surface area contributed by atoms with Gasteiger partial charge in [-0.25, -0.2) is 4.98 Å². The van der Waals surface area contributed by atoms with Crippen molar-refractivity contribution in [3.63, 3.8) is 0 Å². The van der Waals surface area contributed by atoms with Gasteiger partial charge in [0.25, 0.3) is 5.56 Å². The summed E-state index contributed by atoms with van der Waals surface area (Å²) in [6.07, 6.45) is 8.43. The number of rotatable bonds is 11. The lowest BCUT2D eigenvalue weighted by atomic mass is 10.2. The molecule has 0 aliphatic rings. The highest BCUT2D eigenvalue weighted by atomic mass is 16.5. The van der Waals surface area contributed by atoms with E-state index in [2.05, 4.69) is 30.7 Å². The van der Waals surface area contributed by atoms with E-state index in [4.69, 9.17) is 4.74 Å². The van der Waals surface area contributed by atoms with E-state index in [0.29, 0.717) is 31.0 Å². The summed E-state index contributed by atoms with van der Waals surface area (Å²) in [7, 11) is 3.45. The molecular weight excluding hydrogens is 436 g/mol. The maximum absolute atomic E-state index is 13.2. The molecule has 4 aromatic heterocycles. The van der Waals surface area contributed by atoms with Crippen molar-refractivity contribution >= 4 is 22.8 Å². The van der Waals surface area contributed by atoms with E-state index in [9.17, 15) is 9.59 Å². The van der Waals surface area contributed by atoms with Gasteiger partial charge in [0.15, 0.2) is 5.82 Å². The minimum absolute atomic E-state index is 0.150. The van der Waals surface area contributed by atoms with Crippen molar-refractivity contribution in [2.24, 2.45) is 7.05 Å². The summed E-state index contributed by atoms with van der Waals surface area (Å²) >= 11 is 0. The van der Waals surface area contributed by atoms with Gasteiger partial charge in [-0.05, 0) is 31.0 Å². The van der Waals surface area contributed by atoms with Gasteiger partial charge in [0.1, 0.15) is 6.54 Å². The van der Waals surface area contributed by atoms with Crippen LogP contribution in [0.2, 0.25) is 0 Å². The van der Waals surface area contributed by atoms with Crippen molar-refractivity contribution in [3.8, 4) is 11.3 Å².